The SMILES string of the molecule is CC(O)C#Cc1ccc2c(c1)CCN(c1ccc(N3CC[C@@H](N(C)C)C3)c(F)c1)C2=O. The summed E-state index contributed by atoms with van der Waals surface area (Å²) in [5.41, 5.74) is 3.50. The number of halogens is 1. The van der Waals surface area contributed by atoms with Crippen LogP contribution in [0.4, 0.5) is 15.8 Å². The molecule has 5 nitrogen and oxygen atoms in total. The lowest BCUT2D eigenvalue weighted by atomic mass is 9.96. The van der Waals surface area contributed by atoms with Gasteiger partial charge in [-0.2, -0.15) is 0 Å². The zero-order valence-corrected chi connectivity index (χ0v) is 18.2. The van der Waals surface area contributed by atoms with Gasteiger partial charge in [-0.05, 0) is 75.8 Å². The Balaban J connectivity index is 1.53. The average molecular weight is 422 g/mol. The minimum absolute atomic E-state index is 0.128. The minimum atomic E-state index is -0.694. The maximum absolute atomic E-state index is 15.0. The largest absolute Gasteiger partial charge is 0.381 e. The molecule has 1 unspecified atom stereocenters. The quantitative estimate of drug-likeness (QED) is 0.775. The van der Waals surface area contributed by atoms with Crippen molar-refractivity contribution in [3.05, 3.63) is 58.9 Å². The van der Waals surface area contributed by atoms with Gasteiger partial charge < -0.3 is 19.8 Å². The van der Waals surface area contributed by atoms with Crippen molar-refractivity contribution in [3.8, 4) is 11.8 Å². The molecule has 0 saturated carbocycles. The molecule has 2 heterocycles. The third kappa shape index (κ3) is 4.43. The van der Waals surface area contributed by atoms with Crippen molar-refractivity contribution in [2.75, 3.05) is 43.5 Å². The third-order valence-electron chi connectivity index (χ3n) is 6.09. The third-order valence-corrected chi connectivity index (χ3v) is 6.09. The maximum Gasteiger partial charge on any atom is 0.258 e. The highest BCUT2D eigenvalue weighted by molar-refractivity contribution is 6.08. The number of amides is 1. The molecule has 162 valence electrons. The van der Waals surface area contributed by atoms with Crippen LogP contribution < -0.4 is 9.80 Å². The maximum atomic E-state index is 15.0. The van der Waals surface area contributed by atoms with Crippen LogP contribution in [0.3, 0.4) is 0 Å². The van der Waals surface area contributed by atoms with Crippen LogP contribution in [-0.2, 0) is 6.42 Å². The molecule has 2 aromatic rings. The number of benzene rings is 2. The van der Waals surface area contributed by atoms with E-state index in [1.165, 1.54) is 6.07 Å². The topological polar surface area (TPSA) is 47.0 Å². The lowest BCUT2D eigenvalue weighted by molar-refractivity contribution is 0.0980. The van der Waals surface area contributed by atoms with E-state index in [4.69, 9.17) is 0 Å². The molecule has 1 N–H and O–H groups in total. The number of aliphatic hydroxyl groups excluding tert-OH is 1. The number of anilines is 2. The summed E-state index contributed by atoms with van der Waals surface area (Å²) in [6.45, 7) is 3.74. The number of hydrogen-bond acceptors (Lipinski definition) is 4. The van der Waals surface area contributed by atoms with Gasteiger partial charge in [-0.1, -0.05) is 11.8 Å². The van der Waals surface area contributed by atoms with E-state index < -0.39 is 6.10 Å². The van der Waals surface area contributed by atoms with Crippen LogP contribution in [0.5, 0.6) is 0 Å². The molecule has 0 radical (unpaired) electrons. The van der Waals surface area contributed by atoms with Gasteiger partial charge in [0.05, 0.1) is 5.69 Å². The summed E-state index contributed by atoms with van der Waals surface area (Å²) in [5.74, 6) is 5.22. The Morgan fingerprint density at radius 1 is 1.19 bits per heavy atom. The van der Waals surface area contributed by atoms with Gasteiger partial charge >= 0.3 is 0 Å². The first-order valence-corrected chi connectivity index (χ1v) is 10.7. The molecule has 2 aliphatic heterocycles. The molecule has 6 heteroatoms. The number of aliphatic hydroxyl groups is 1. The van der Waals surface area contributed by atoms with E-state index in [1.807, 2.05) is 12.1 Å². The van der Waals surface area contributed by atoms with Gasteiger partial charge in [0.25, 0.3) is 5.91 Å². The Labute approximate surface area is 183 Å². The summed E-state index contributed by atoms with van der Waals surface area (Å²) in [6, 6.07) is 11.0. The van der Waals surface area contributed by atoms with E-state index in [2.05, 4.69) is 35.7 Å². The van der Waals surface area contributed by atoms with Crippen LogP contribution in [0, 0.1) is 17.7 Å². The Hall–Kier alpha value is -2.88. The Morgan fingerprint density at radius 3 is 2.68 bits per heavy atom. The summed E-state index contributed by atoms with van der Waals surface area (Å²) < 4.78 is 15.0. The highest BCUT2D eigenvalue weighted by atomic mass is 19.1. The molecule has 4 rings (SSSR count). The Kier molecular flexibility index (Phi) is 5.99. The van der Waals surface area contributed by atoms with Crippen molar-refractivity contribution >= 4 is 17.3 Å². The van der Waals surface area contributed by atoms with Gasteiger partial charge in [0.15, 0.2) is 0 Å². The highest BCUT2D eigenvalue weighted by Crippen LogP contribution is 2.31. The molecule has 0 spiro atoms. The molecule has 31 heavy (non-hydrogen) atoms. The lowest BCUT2D eigenvalue weighted by Gasteiger charge is -2.29. The first-order chi connectivity index (χ1) is 14.8. The van der Waals surface area contributed by atoms with E-state index in [9.17, 15) is 14.3 Å². The van der Waals surface area contributed by atoms with Crippen molar-refractivity contribution in [1.82, 2.24) is 4.90 Å². The van der Waals surface area contributed by atoms with Crippen molar-refractivity contribution in [2.45, 2.75) is 31.9 Å². The average Bonchev–Trinajstić information content (AvgIpc) is 3.22. The summed E-state index contributed by atoms with van der Waals surface area (Å²) in [7, 11) is 4.10. The van der Waals surface area contributed by atoms with Crippen LogP contribution in [-0.4, -0.2) is 61.8 Å². The smallest absolute Gasteiger partial charge is 0.258 e. The first-order valence-electron chi connectivity index (χ1n) is 10.7. The first kappa shape index (κ1) is 21.4. The van der Waals surface area contributed by atoms with Gasteiger partial charge in [-0.3, -0.25) is 4.79 Å². The van der Waals surface area contributed by atoms with Gasteiger partial charge in [-0.25, -0.2) is 4.39 Å². The fourth-order valence-electron chi connectivity index (χ4n) is 4.30. The van der Waals surface area contributed by atoms with Crippen molar-refractivity contribution in [1.29, 1.82) is 0 Å². The van der Waals surface area contributed by atoms with Gasteiger partial charge in [0.1, 0.15) is 11.9 Å². The van der Waals surface area contributed by atoms with E-state index in [1.54, 1.807) is 30.0 Å². The molecule has 0 bridgehead atoms. The second-order valence-corrected chi connectivity index (χ2v) is 8.51. The molecular formula is C25H28FN3O2. The normalized spacial score (nSPS) is 19.3. The summed E-state index contributed by atoms with van der Waals surface area (Å²) in [6.07, 6.45) is 0.991. The van der Waals surface area contributed by atoms with Crippen LogP contribution >= 0.6 is 0 Å². The number of likely N-dealkylation sites (N-methyl/N-ethyl adjacent to an activating group) is 1. The van der Waals surface area contributed by atoms with Crippen LogP contribution in [0.2, 0.25) is 0 Å². The fraction of sp³-hybridized carbons (Fsp3) is 0.400. The summed E-state index contributed by atoms with van der Waals surface area (Å²) >= 11 is 0. The molecular weight excluding hydrogens is 393 g/mol. The van der Waals surface area contributed by atoms with E-state index in [-0.39, 0.29) is 11.7 Å². The number of nitrogens with zero attached hydrogens (tertiary/aromatic N) is 3. The van der Waals surface area contributed by atoms with Crippen molar-refractivity contribution in [2.24, 2.45) is 0 Å². The van der Waals surface area contributed by atoms with E-state index in [0.717, 1.165) is 30.6 Å². The predicted octanol–water partition coefficient (Wildman–Crippen LogP) is 2.90. The lowest BCUT2D eigenvalue weighted by Crippen LogP contribution is -2.37. The zero-order valence-electron chi connectivity index (χ0n) is 18.2. The van der Waals surface area contributed by atoms with Crippen LogP contribution in [0.15, 0.2) is 36.4 Å². The summed E-state index contributed by atoms with van der Waals surface area (Å²) in [4.78, 5) is 19.0. The predicted molar refractivity (Wildman–Crippen MR) is 121 cm³/mol. The molecule has 1 fully saturated rings. The van der Waals surface area contributed by atoms with Crippen molar-refractivity contribution in [3.63, 3.8) is 0 Å². The Morgan fingerprint density at radius 2 is 2.00 bits per heavy atom. The van der Waals surface area contributed by atoms with E-state index in [0.29, 0.717) is 35.9 Å². The van der Waals surface area contributed by atoms with E-state index >= 15 is 0 Å². The zero-order chi connectivity index (χ0) is 22.1. The summed E-state index contributed by atoms with van der Waals surface area (Å²) in [5, 5.41) is 9.33. The molecule has 2 atom stereocenters. The van der Waals surface area contributed by atoms with Crippen LogP contribution in [0.25, 0.3) is 0 Å². The number of rotatable bonds is 3. The standard InChI is InChI=1S/C25H28FN3O2/c1-17(30)4-5-18-6-8-22-19(14-18)10-13-29(25(22)31)20-7-9-24(23(26)15-20)28-12-11-21(16-28)27(2)3/h6-9,14-15,17,21,30H,10-13,16H2,1-3H3/t17?,21-/m1/s1. The second-order valence-electron chi connectivity index (χ2n) is 8.51. The minimum Gasteiger partial charge on any atom is -0.381 e. The molecule has 1 saturated heterocycles. The molecule has 0 aliphatic carbocycles. The van der Waals surface area contributed by atoms with Crippen LogP contribution in [0.1, 0.15) is 34.8 Å². The van der Waals surface area contributed by atoms with Crippen molar-refractivity contribution < 1.29 is 14.3 Å². The number of fused-ring (bicyclic) bond motifs is 1. The second kappa shape index (κ2) is 8.70. The number of carbonyl (C=O) groups excluding carboxylic acids is 1. The van der Waals surface area contributed by atoms with Gasteiger partial charge in [-0.15, -0.1) is 0 Å². The number of hydrogen-bond donors (Lipinski definition) is 1. The molecule has 2 aromatic carbocycles. The number of carbonyl (C=O) groups is 1. The van der Waals surface area contributed by atoms with Gasteiger partial charge in [0.2, 0.25) is 0 Å². The monoisotopic (exact) mass is 421 g/mol. The van der Waals surface area contributed by atoms with Gasteiger partial charge in [0, 0.05) is 42.5 Å². The Bertz CT molecular complexity index is 1050. The fourth-order valence-corrected chi connectivity index (χ4v) is 4.30. The molecule has 2 aliphatic rings. The highest BCUT2D eigenvalue weighted by Gasteiger charge is 2.28. The molecule has 0 aromatic heterocycles. The molecule has 1 amide bonds.